The predicted octanol–water partition coefficient (Wildman–Crippen LogP) is 2.04. The second-order valence-corrected chi connectivity index (χ2v) is 5.91. The van der Waals surface area contributed by atoms with E-state index in [1.807, 2.05) is 0 Å². The lowest BCUT2D eigenvalue weighted by Gasteiger charge is -2.38. The van der Waals surface area contributed by atoms with Gasteiger partial charge in [-0.25, -0.2) is 0 Å². The molecule has 0 spiro atoms. The fourth-order valence-electron chi connectivity index (χ4n) is 2.87. The van der Waals surface area contributed by atoms with E-state index in [0.717, 1.165) is 19.5 Å². The van der Waals surface area contributed by atoms with Crippen molar-refractivity contribution in [3.8, 4) is 0 Å². The largest absolute Gasteiger partial charge is 0.409 e. The summed E-state index contributed by atoms with van der Waals surface area (Å²) < 4.78 is 5.51. The first-order valence-corrected chi connectivity index (χ1v) is 7.30. The van der Waals surface area contributed by atoms with Gasteiger partial charge in [0.15, 0.2) is 0 Å². The van der Waals surface area contributed by atoms with Gasteiger partial charge in [-0.05, 0) is 31.6 Å². The number of hydrogen-bond acceptors (Lipinski definition) is 4. The Morgan fingerprint density at radius 3 is 2.79 bits per heavy atom. The van der Waals surface area contributed by atoms with E-state index >= 15 is 0 Å². The SMILES string of the molecule is COC1CCCC(N(CCC(N)=NO)CC(C)C)C1. The average Bonchev–Trinajstić information content (AvgIpc) is 2.42. The van der Waals surface area contributed by atoms with Gasteiger partial charge in [0.1, 0.15) is 5.84 Å². The minimum atomic E-state index is 0.313. The van der Waals surface area contributed by atoms with Crippen LogP contribution in [0.4, 0.5) is 0 Å². The molecular weight excluding hydrogens is 242 g/mol. The molecule has 1 saturated carbocycles. The van der Waals surface area contributed by atoms with Crippen molar-refractivity contribution in [3.05, 3.63) is 0 Å². The van der Waals surface area contributed by atoms with Gasteiger partial charge in [0.2, 0.25) is 0 Å². The van der Waals surface area contributed by atoms with E-state index in [4.69, 9.17) is 15.7 Å². The summed E-state index contributed by atoms with van der Waals surface area (Å²) in [5.74, 6) is 0.933. The highest BCUT2D eigenvalue weighted by atomic mass is 16.5. The zero-order valence-electron chi connectivity index (χ0n) is 12.5. The maximum absolute atomic E-state index is 8.64. The van der Waals surface area contributed by atoms with Gasteiger partial charge in [-0.15, -0.1) is 0 Å². The fraction of sp³-hybridized carbons (Fsp3) is 0.929. The van der Waals surface area contributed by atoms with Crippen LogP contribution in [-0.4, -0.2) is 48.3 Å². The van der Waals surface area contributed by atoms with E-state index in [-0.39, 0.29) is 0 Å². The van der Waals surface area contributed by atoms with Crippen molar-refractivity contribution >= 4 is 5.84 Å². The molecule has 1 fully saturated rings. The normalized spacial score (nSPS) is 25.2. The maximum Gasteiger partial charge on any atom is 0.140 e. The Kier molecular flexibility index (Phi) is 7.16. The molecule has 2 unspecified atom stereocenters. The Bertz CT molecular complexity index is 282. The van der Waals surface area contributed by atoms with Crippen LogP contribution in [0.1, 0.15) is 46.0 Å². The summed E-state index contributed by atoms with van der Waals surface area (Å²) in [4.78, 5) is 2.48. The molecule has 0 radical (unpaired) electrons. The van der Waals surface area contributed by atoms with Crippen molar-refractivity contribution in [2.75, 3.05) is 20.2 Å². The minimum absolute atomic E-state index is 0.313. The third kappa shape index (κ3) is 5.78. The molecule has 5 heteroatoms. The van der Waals surface area contributed by atoms with Crippen LogP contribution >= 0.6 is 0 Å². The topological polar surface area (TPSA) is 71.1 Å². The number of nitrogens with two attached hydrogens (primary N) is 1. The van der Waals surface area contributed by atoms with E-state index in [0.29, 0.717) is 30.3 Å². The second kappa shape index (κ2) is 8.38. The minimum Gasteiger partial charge on any atom is -0.409 e. The van der Waals surface area contributed by atoms with Gasteiger partial charge in [0.05, 0.1) is 6.10 Å². The lowest BCUT2D eigenvalue weighted by atomic mass is 9.91. The van der Waals surface area contributed by atoms with E-state index in [1.165, 1.54) is 19.3 Å². The van der Waals surface area contributed by atoms with Crippen LogP contribution in [0.25, 0.3) is 0 Å². The Morgan fingerprint density at radius 1 is 1.47 bits per heavy atom. The van der Waals surface area contributed by atoms with Crippen molar-refractivity contribution in [2.45, 2.75) is 58.1 Å². The Balaban J connectivity index is 2.56. The molecule has 5 nitrogen and oxygen atoms in total. The lowest BCUT2D eigenvalue weighted by Crippen LogP contribution is -2.43. The van der Waals surface area contributed by atoms with Crippen LogP contribution in [0.3, 0.4) is 0 Å². The first kappa shape index (κ1) is 16.2. The molecule has 0 heterocycles. The van der Waals surface area contributed by atoms with Crippen molar-refractivity contribution < 1.29 is 9.94 Å². The number of ether oxygens (including phenoxy) is 1. The van der Waals surface area contributed by atoms with E-state index in [9.17, 15) is 0 Å². The van der Waals surface area contributed by atoms with E-state index in [2.05, 4.69) is 23.9 Å². The molecule has 0 amide bonds. The third-order valence-electron chi connectivity index (χ3n) is 3.83. The van der Waals surface area contributed by atoms with Crippen molar-refractivity contribution in [1.82, 2.24) is 4.90 Å². The Hall–Kier alpha value is -0.810. The van der Waals surface area contributed by atoms with Crippen LogP contribution in [0.5, 0.6) is 0 Å². The molecule has 0 aromatic heterocycles. The van der Waals surface area contributed by atoms with Gasteiger partial charge in [-0.3, -0.25) is 4.90 Å². The maximum atomic E-state index is 8.64. The monoisotopic (exact) mass is 271 g/mol. The molecule has 19 heavy (non-hydrogen) atoms. The highest BCUT2D eigenvalue weighted by Crippen LogP contribution is 2.25. The van der Waals surface area contributed by atoms with Gasteiger partial charge in [0.25, 0.3) is 0 Å². The summed E-state index contributed by atoms with van der Waals surface area (Å²) in [6.07, 6.45) is 5.72. The van der Waals surface area contributed by atoms with Crippen molar-refractivity contribution in [1.29, 1.82) is 0 Å². The summed E-state index contributed by atoms with van der Waals surface area (Å²) >= 11 is 0. The van der Waals surface area contributed by atoms with Gasteiger partial charge in [-0.1, -0.05) is 19.0 Å². The van der Waals surface area contributed by atoms with Crippen LogP contribution < -0.4 is 5.73 Å². The molecular formula is C14H29N3O2. The smallest absolute Gasteiger partial charge is 0.140 e. The molecule has 0 saturated heterocycles. The van der Waals surface area contributed by atoms with Gasteiger partial charge in [0, 0.05) is 32.7 Å². The standard InChI is InChI=1S/C14H29N3O2/c1-11(2)10-17(8-7-14(15)16-18)12-5-4-6-13(9-12)19-3/h11-13,18H,4-10H2,1-3H3,(H2,15,16). The molecule has 1 aliphatic carbocycles. The van der Waals surface area contributed by atoms with Crippen LogP contribution in [0.15, 0.2) is 5.16 Å². The van der Waals surface area contributed by atoms with Crippen molar-refractivity contribution in [2.24, 2.45) is 16.8 Å². The van der Waals surface area contributed by atoms with Crippen molar-refractivity contribution in [3.63, 3.8) is 0 Å². The Labute approximate surface area is 116 Å². The van der Waals surface area contributed by atoms with Crippen LogP contribution in [-0.2, 0) is 4.74 Å². The van der Waals surface area contributed by atoms with Crippen LogP contribution in [0.2, 0.25) is 0 Å². The summed E-state index contributed by atoms with van der Waals surface area (Å²) in [5.41, 5.74) is 5.58. The second-order valence-electron chi connectivity index (χ2n) is 5.91. The number of methoxy groups -OCH3 is 1. The summed E-state index contributed by atoms with van der Waals surface area (Å²) in [6.45, 7) is 6.37. The van der Waals surface area contributed by atoms with E-state index < -0.39 is 0 Å². The number of nitrogens with zero attached hydrogens (tertiary/aromatic N) is 2. The van der Waals surface area contributed by atoms with Gasteiger partial charge < -0.3 is 15.7 Å². The quantitative estimate of drug-likeness (QED) is 0.322. The predicted molar refractivity (Wildman–Crippen MR) is 77.5 cm³/mol. The van der Waals surface area contributed by atoms with E-state index in [1.54, 1.807) is 7.11 Å². The number of oxime groups is 1. The number of hydrogen-bond donors (Lipinski definition) is 2. The molecule has 1 rings (SSSR count). The summed E-state index contributed by atoms with van der Waals surface area (Å²) in [7, 11) is 1.80. The average molecular weight is 271 g/mol. The molecule has 0 bridgehead atoms. The molecule has 1 aliphatic rings. The zero-order valence-corrected chi connectivity index (χ0v) is 12.5. The molecule has 0 aromatic rings. The molecule has 112 valence electrons. The highest BCUT2D eigenvalue weighted by molar-refractivity contribution is 5.79. The lowest BCUT2D eigenvalue weighted by molar-refractivity contribution is 0.0254. The molecule has 2 atom stereocenters. The number of amidine groups is 1. The summed E-state index contributed by atoms with van der Waals surface area (Å²) in [5, 5.41) is 11.7. The summed E-state index contributed by atoms with van der Waals surface area (Å²) in [6, 6.07) is 0.563. The van der Waals surface area contributed by atoms with Crippen LogP contribution in [0, 0.1) is 5.92 Å². The first-order chi connectivity index (χ1) is 9.06. The molecule has 3 N–H and O–H groups in total. The van der Waals surface area contributed by atoms with Gasteiger partial charge >= 0.3 is 0 Å². The third-order valence-corrected chi connectivity index (χ3v) is 3.83. The number of rotatable bonds is 7. The zero-order chi connectivity index (χ0) is 14.3. The highest BCUT2D eigenvalue weighted by Gasteiger charge is 2.26. The van der Waals surface area contributed by atoms with Gasteiger partial charge in [-0.2, -0.15) is 0 Å². The first-order valence-electron chi connectivity index (χ1n) is 7.30. The molecule has 0 aromatic carbocycles. The molecule has 0 aliphatic heterocycles. The fourth-order valence-corrected chi connectivity index (χ4v) is 2.87. The Morgan fingerprint density at radius 2 is 2.21 bits per heavy atom.